The molecule has 0 bridgehead atoms. The van der Waals surface area contributed by atoms with E-state index in [1.165, 1.54) is 16.6 Å². The van der Waals surface area contributed by atoms with E-state index in [-0.39, 0.29) is 5.91 Å². The van der Waals surface area contributed by atoms with Crippen molar-refractivity contribution in [3.05, 3.63) is 96.8 Å². The zero-order valence-corrected chi connectivity index (χ0v) is 17.1. The van der Waals surface area contributed by atoms with Crippen molar-refractivity contribution in [2.24, 2.45) is 0 Å². The van der Waals surface area contributed by atoms with Gasteiger partial charge in [-0.2, -0.15) is 5.10 Å². The number of aryl methyl sites for hydroxylation is 1. The Balaban J connectivity index is 1.39. The molecular formula is C24H18N6O2. The van der Waals surface area contributed by atoms with Crippen LogP contribution in [0.2, 0.25) is 0 Å². The topological polar surface area (TPSA) is 98.7 Å². The maximum atomic E-state index is 13.0. The molecule has 0 radical (unpaired) electrons. The van der Waals surface area contributed by atoms with Crippen LogP contribution in [0.1, 0.15) is 15.9 Å². The molecule has 0 atom stereocenters. The highest BCUT2D eigenvalue weighted by Crippen LogP contribution is 2.29. The van der Waals surface area contributed by atoms with E-state index in [4.69, 9.17) is 4.42 Å². The average Bonchev–Trinajstić information content (AvgIpc) is 3.53. The number of carbonyl (C=O) groups is 1. The minimum absolute atomic E-state index is 0.286. The number of rotatable bonds is 5. The Hall–Kier alpha value is -4.59. The standard InChI is InChI=1S/C24H18N6O2/c1-16-6-8-17(9-7-16)21-13-27-24(32-21)20-5-3-2-4-19(20)23(31)29-18-10-11-22(26-12-18)30-15-25-14-28-30/h2-15H,1H3,(H,29,31). The van der Waals surface area contributed by atoms with Crippen LogP contribution in [0.5, 0.6) is 0 Å². The first kappa shape index (κ1) is 19.4. The summed E-state index contributed by atoms with van der Waals surface area (Å²) in [5, 5.41) is 6.91. The maximum Gasteiger partial charge on any atom is 0.256 e. The number of aromatic nitrogens is 5. The van der Waals surface area contributed by atoms with Crippen LogP contribution in [0.4, 0.5) is 5.69 Å². The first-order chi connectivity index (χ1) is 15.7. The number of oxazole rings is 1. The van der Waals surface area contributed by atoms with Gasteiger partial charge in [0.2, 0.25) is 5.89 Å². The van der Waals surface area contributed by atoms with Crippen LogP contribution in [0.25, 0.3) is 28.6 Å². The average molecular weight is 422 g/mol. The number of nitrogens with zero attached hydrogens (tertiary/aromatic N) is 5. The van der Waals surface area contributed by atoms with Gasteiger partial charge in [-0.3, -0.25) is 4.79 Å². The van der Waals surface area contributed by atoms with Gasteiger partial charge in [-0.25, -0.2) is 19.6 Å². The lowest BCUT2D eigenvalue weighted by molar-refractivity contribution is 0.102. The van der Waals surface area contributed by atoms with Crippen LogP contribution in [0, 0.1) is 6.92 Å². The largest absolute Gasteiger partial charge is 0.436 e. The van der Waals surface area contributed by atoms with Gasteiger partial charge in [-0.05, 0) is 31.2 Å². The van der Waals surface area contributed by atoms with Gasteiger partial charge in [0.25, 0.3) is 5.91 Å². The summed E-state index contributed by atoms with van der Waals surface area (Å²) in [4.78, 5) is 25.6. The summed E-state index contributed by atoms with van der Waals surface area (Å²) in [6.07, 6.45) is 6.22. The van der Waals surface area contributed by atoms with Crippen molar-refractivity contribution < 1.29 is 9.21 Å². The van der Waals surface area contributed by atoms with E-state index in [2.05, 4.69) is 25.4 Å². The Kier molecular flexibility index (Phi) is 5.01. The highest BCUT2D eigenvalue weighted by Gasteiger charge is 2.17. The predicted molar refractivity (Wildman–Crippen MR) is 119 cm³/mol. The minimum atomic E-state index is -0.286. The Bertz CT molecular complexity index is 1360. The van der Waals surface area contributed by atoms with Crippen molar-refractivity contribution in [1.82, 2.24) is 24.7 Å². The molecular weight excluding hydrogens is 404 g/mol. The van der Waals surface area contributed by atoms with Gasteiger partial charge in [0.1, 0.15) is 12.7 Å². The molecule has 0 aliphatic rings. The molecule has 0 aliphatic heterocycles. The molecule has 0 spiro atoms. The number of hydrogen-bond donors (Lipinski definition) is 1. The fourth-order valence-corrected chi connectivity index (χ4v) is 3.24. The molecule has 0 saturated carbocycles. The molecule has 0 fully saturated rings. The van der Waals surface area contributed by atoms with Gasteiger partial charge in [-0.1, -0.05) is 42.0 Å². The van der Waals surface area contributed by atoms with E-state index in [1.54, 1.807) is 43.0 Å². The van der Waals surface area contributed by atoms with Gasteiger partial charge in [0.15, 0.2) is 11.6 Å². The lowest BCUT2D eigenvalue weighted by Crippen LogP contribution is -2.13. The molecule has 0 saturated heterocycles. The Morgan fingerprint density at radius 2 is 1.81 bits per heavy atom. The lowest BCUT2D eigenvalue weighted by Gasteiger charge is -2.08. The van der Waals surface area contributed by atoms with Gasteiger partial charge >= 0.3 is 0 Å². The summed E-state index contributed by atoms with van der Waals surface area (Å²) in [5.41, 5.74) is 3.70. The third kappa shape index (κ3) is 3.89. The summed E-state index contributed by atoms with van der Waals surface area (Å²) in [7, 11) is 0. The number of amides is 1. The maximum absolute atomic E-state index is 13.0. The molecule has 0 unspecified atom stereocenters. The van der Waals surface area contributed by atoms with E-state index < -0.39 is 0 Å². The van der Waals surface area contributed by atoms with Crippen molar-refractivity contribution in [2.45, 2.75) is 6.92 Å². The quantitative estimate of drug-likeness (QED) is 0.446. The molecule has 8 heteroatoms. The molecule has 1 N–H and O–H groups in total. The first-order valence-electron chi connectivity index (χ1n) is 9.92. The molecule has 156 valence electrons. The molecule has 3 heterocycles. The number of nitrogens with one attached hydrogen (secondary N) is 1. The summed E-state index contributed by atoms with van der Waals surface area (Å²) in [6, 6.07) is 18.7. The number of hydrogen-bond acceptors (Lipinski definition) is 6. The highest BCUT2D eigenvalue weighted by atomic mass is 16.4. The van der Waals surface area contributed by atoms with Crippen LogP contribution < -0.4 is 5.32 Å². The van der Waals surface area contributed by atoms with Crippen LogP contribution >= 0.6 is 0 Å². The molecule has 5 rings (SSSR count). The number of pyridine rings is 1. The van der Waals surface area contributed by atoms with Crippen LogP contribution in [-0.4, -0.2) is 30.6 Å². The van der Waals surface area contributed by atoms with E-state index in [0.717, 1.165) is 5.56 Å². The summed E-state index contributed by atoms with van der Waals surface area (Å²) in [5.74, 6) is 1.34. The lowest BCUT2D eigenvalue weighted by atomic mass is 10.1. The smallest absolute Gasteiger partial charge is 0.256 e. The molecule has 0 aliphatic carbocycles. The van der Waals surface area contributed by atoms with E-state index in [0.29, 0.717) is 34.3 Å². The van der Waals surface area contributed by atoms with Crippen LogP contribution in [0.15, 0.2) is 90.1 Å². The Labute approximate surface area is 183 Å². The fourth-order valence-electron chi connectivity index (χ4n) is 3.24. The zero-order chi connectivity index (χ0) is 21.9. The second kappa shape index (κ2) is 8.27. The van der Waals surface area contributed by atoms with Crippen molar-refractivity contribution in [3.8, 4) is 28.6 Å². The van der Waals surface area contributed by atoms with Crippen LogP contribution in [0.3, 0.4) is 0 Å². The third-order valence-corrected chi connectivity index (χ3v) is 4.90. The molecule has 8 nitrogen and oxygen atoms in total. The summed E-state index contributed by atoms with van der Waals surface area (Å²) >= 11 is 0. The SMILES string of the molecule is Cc1ccc(-c2cnc(-c3ccccc3C(=O)Nc3ccc(-n4cncn4)nc3)o2)cc1. The van der Waals surface area contributed by atoms with E-state index in [9.17, 15) is 4.79 Å². The predicted octanol–water partition coefficient (Wildman–Crippen LogP) is 4.55. The van der Waals surface area contributed by atoms with Gasteiger partial charge in [0.05, 0.1) is 23.6 Å². The fraction of sp³-hybridized carbons (Fsp3) is 0.0417. The van der Waals surface area contributed by atoms with Crippen molar-refractivity contribution in [2.75, 3.05) is 5.32 Å². The molecule has 1 amide bonds. The Morgan fingerprint density at radius 1 is 0.969 bits per heavy atom. The van der Waals surface area contributed by atoms with Crippen molar-refractivity contribution >= 4 is 11.6 Å². The monoisotopic (exact) mass is 422 g/mol. The number of benzene rings is 2. The second-order valence-corrected chi connectivity index (χ2v) is 7.14. The molecule has 32 heavy (non-hydrogen) atoms. The van der Waals surface area contributed by atoms with E-state index >= 15 is 0 Å². The van der Waals surface area contributed by atoms with Gasteiger partial charge in [-0.15, -0.1) is 0 Å². The first-order valence-corrected chi connectivity index (χ1v) is 9.92. The van der Waals surface area contributed by atoms with Gasteiger partial charge in [0, 0.05) is 11.1 Å². The van der Waals surface area contributed by atoms with Gasteiger partial charge < -0.3 is 9.73 Å². The molecule has 3 aromatic heterocycles. The van der Waals surface area contributed by atoms with Crippen molar-refractivity contribution in [3.63, 3.8) is 0 Å². The Morgan fingerprint density at radius 3 is 2.56 bits per heavy atom. The van der Waals surface area contributed by atoms with Crippen molar-refractivity contribution in [1.29, 1.82) is 0 Å². The molecule has 5 aromatic rings. The zero-order valence-electron chi connectivity index (χ0n) is 17.1. The third-order valence-electron chi connectivity index (χ3n) is 4.90. The summed E-state index contributed by atoms with van der Waals surface area (Å²) in [6.45, 7) is 2.03. The highest BCUT2D eigenvalue weighted by molar-refractivity contribution is 6.08. The second-order valence-electron chi connectivity index (χ2n) is 7.14. The number of carbonyl (C=O) groups excluding carboxylic acids is 1. The minimum Gasteiger partial charge on any atom is -0.436 e. The van der Waals surface area contributed by atoms with Crippen LogP contribution in [-0.2, 0) is 0 Å². The summed E-state index contributed by atoms with van der Waals surface area (Å²) < 4.78 is 7.51. The molecule has 2 aromatic carbocycles. The van der Waals surface area contributed by atoms with E-state index in [1.807, 2.05) is 43.3 Å². The number of anilines is 1. The normalized spacial score (nSPS) is 10.8.